The summed E-state index contributed by atoms with van der Waals surface area (Å²) in [7, 11) is 0. The van der Waals surface area contributed by atoms with Crippen molar-refractivity contribution in [1.82, 2.24) is 4.98 Å². The molecule has 0 aliphatic carbocycles. The van der Waals surface area contributed by atoms with Gasteiger partial charge in [0.1, 0.15) is 5.82 Å². The Labute approximate surface area is 98.2 Å². The number of nitrogens with one attached hydrogen (secondary N) is 1. The number of benzene rings is 1. The van der Waals surface area contributed by atoms with Crippen LogP contribution in [0.15, 0.2) is 35.8 Å². The SMILES string of the molecule is CCC(Nc1nccs1)c1ccccc1F. The molecule has 1 aromatic heterocycles. The normalized spacial score (nSPS) is 12.4. The highest BCUT2D eigenvalue weighted by Gasteiger charge is 2.13. The van der Waals surface area contributed by atoms with E-state index in [2.05, 4.69) is 10.3 Å². The number of rotatable bonds is 4. The van der Waals surface area contributed by atoms with E-state index in [0.717, 1.165) is 11.6 Å². The summed E-state index contributed by atoms with van der Waals surface area (Å²) in [5, 5.41) is 5.96. The molecule has 0 radical (unpaired) electrons. The van der Waals surface area contributed by atoms with Crippen LogP contribution in [-0.4, -0.2) is 4.98 Å². The molecule has 0 spiro atoms. The van der Waals surface area contributed by atoms with E-state index in [9.17, 15) is 4.39 Å². The van der Waals surface area contributed by atoms with Crippen molar-refractivity contribution in [3.05, 3.63) is 47.2 Å². The van der Waals surface area contributed by atoms with E-state index >= 15 is 0 Å². The van der Waals surface area contributed by atoms with Gasteiger partial charge in [-0.25, -0.2) is 9.37 Å². The van der Waals surface area contributed by atoms with Gasteiger partial charge in [-0.3, -0.25) is 0 Å². The van der Waals surface area contributed by atoms with Crippen molar-refractivity contribution in [2.75, 3.05) is 5.32 Å². The lowest BCUT2D eigenvalue weighted by molar-refractivity contribution is 0.587. The van der Waals surface area contributed by atoms with Crippen LogP contribution in [0.1, 0.15) is 24.9 Å². The van der Waals surface area contributed by atoms with E-state index in [1.54, 1.807) is 12.3 Å². The van der Waals surface area contributed by atoms with Gasteiger partial charge < -0.3 is 5.32 Å². The molecule has 0 fully saturated rings. The zero-order valence-corrected chi connectivity index (χ0v) is 9.80. The molecule has 0 amide bonds. The van der Waals surface area contributed by atoms with Crippen LogP contribution < -0.4 is 5.32 Å². The van der Waals surface area contributed by atoms with Crippen LogP contribution in [0.5, 0.6) is 0 Å². The van der Waals surface area contributed by atoms with Crippen molar-refractivity contribution >= 4 is 16.5 Å². The van der Waals surface area contributed by atoms with Crippen LogP contribution in [0.2, 0.25) is 0 Å². The van der Waals surface area contributed by atoms with E-state index in [-0.39, 0.29) is 11.9 Å². The van der Waals surface area contributed by atoms with Crippen LogP contribution in [0, 0.1) is 5.82 Å². The summed E-state index contributed by atoms with van der Waals surface area (Å²) < 4.78 is 13.6. The number of aromatic nitrogens is 1. The largest absolute Gasteiger partial charge is 0.355 e. The Balaban J connectivity index is 2.20. The summed E-state index contributed by atoms with van der Waals surface area (Å²) >= 11 is 1.52. The van der Waals surface area contributed by atoms with Gasteiger partial charge in [-0.2, -0.15) is 0 Å². The van der Waals surface area contributed by atoms with Crippen molar-refractivity contribution in [1.29, 1.82) is 0 Å². The minimum absolute atomic E-state index is 0.0210. The van der Waals surface area contributed by atoms with Gasteiger partial charge in [0.05, 0.1) is 6.04 Å². The molecule has 2 rings (SSSR count). The first-order valence-corrected chi connectivity index (χ1v) is 6.09. The van der Waals surface area contributed by atoms with Gasteiger partial charge in [-0.15, -0.1) is 11.3 Å². The lowest BCUT2D eigenvalue weighted by atomic mass is 10.0. The number of nitrogens with zero attached hydrogens (tertiary/aromatic N) is 1. The number of anilines is 1. The Morgan fingerprint density at radius 1 is 1.44 bits per heavy atom. The summed E-state index contributed by atoms with van der Waals surface area (Å²) in [5.74, 6) is -0.168. The van der Waals surface area contributed by atoms with E-state index in [1.165, 1.54) is 17.4 Å². The second-order valence-corrected chi connectivity index (χ2v) is 4.36. The molecule has 0 aliphatic rings. The van der Waals surface area contributed by atoms with E-state index < -0.39 is 0 Å². The van der Waals surface area contributed by atoms with Crippen molar-refractivity contribution < 1.29 is 4.39 Å². The highest BCUT2D eigenvalue weighted by Crippen LogP contribution is 2.25. The molecule has 0 saturated carbocycles. The third-order valence-electron chi connectivity index (χ3n) is 2.42. The molecular weight excluding hydrogens is 223 g/mol. The van der Waals surface area contributed by atoms with Gasteiger partial charge >= 0.3 is 0 Å². The lowest BCUT2D eigenvalue weighted by Crippen LogP contribution is -2.11. The molecule has 0 saturated heterocycles. The summed E-state index contributed by atoms with van der Waals surface area (Å²) in [6.07, 6.45) is 2.56. The molecule has 2 nitrogen and oxygen atoms in total. The van der Waals surface area contributed by atoms with Crippen LogP contribution in [-0.2, 0) is 0 Å². The Hall–Kier alpha value is -1.42. The molecule has 16 heavy (non-hydrogen) atoms. The van der Waals surface area contributed by atoms with Crippen molar-refractivity contribution in [3.63, 3.8) is 0 Å². The summed E-state index contributed by atoms with van der Waals surface area (Å²) in [5.41, 5.74) is 0.695. The maximum absolute atomic E-state index is 13.6. The molecule has 84 valence electrons. The summed E-state index contributed by atoms with van der Waals surface area (Å²) in [4.78, 5) is 4.14. The van der Waals surface area contributed by atoms with E-state index in [4.69, 9.17) is 0 Å². The third kappa shape index (κ3) is 2.39. The maximum atomic E-state index is 13.6. The molecule has 1 unspecified atom stereocenters. The molecule has 1 N–H and O–H groups in total. The first kappa shape index (κ1) is 11.1. The Morgan fingerprint density at radius 3 is 2.88 bits per heavy atom. The molecule has 0 bridgehead atoms. The fraction of sp³-hybridized carbons (Fsp3) is 0.250. The first-order chi connectivity index (χ1) is 7.81. The van der Waals surface area contributed by atoms with Gasteiger partial charge in [0.25, 0.3) is 0 Å². The third-order valence-corrected chi connectivity index (χ3v) is 3.12. The van der Waals surface area contributed by atoms with Gasteiger partial charge in [-0.1, -0.05) is 25.1 Å². The molecule has 2 aromatic rings. The van der Waals surface area contributed by atoms with Crippen molar-refractivity contribution in [3.8, 4) is 0 Å². The average molecular weight is 236 g/mol. The predicted molar refractivity (Wildman–Crippen MR) is 65.2 cm³/mol. The average Bonchev–Trinajstić information content (AvgIpc) is 2.80. The number of halogens is 1. The minimum atomic E-state index is -0.168. The predicted octanol–water partition coefficient (Wildman–Crippen LogP) is 3.85. The summed E-state index contributed by atoms with van der Waals surface area (Å²) in [6.45, 7) is 2.03. The van der Waals surface area contributed by atoms with Crippen molar-refractivity contribution in [2.24, 2.45) is 0 Å². The van der Waals surface area contributed by atoms with Crippen LogP contribution in [0.25, 0.3) is 0 Å². The zero-order chi connectivity index (χ0) is 11.4. The molecule has 1 aromatic carbocycles. The Bertz CT molecular complexity index is 442. The van der Waals surface area contributed by atoms with Crippen molar-refractivity contribution in [2.45, 2.75) is 19.4 Å². The highest BCUT2D eigenvalue weighted by atomic mass is 32.1. The van der Waals surface area contributed by atoms with Gasteiger partial charge in [0.2, 0.25) is 0 Å². The summed E-state index contributed by atoms with van der Waals surface area (Å²) in [6, 6.07) is 6.83. The van der Waals surface area contributed by atoms with E-state index in [1.807, 2.05) is 24.4 Å². The number of thiazole rings is 1. The molecule has 4 heteroatoms. The van der Waals surface area contributed by atoms with Crippen LogP contribution >= 0.6 is 11.3 Å². The Kier molecular flexibility index (Phi) is 3.51. The van der Waals surface area contributed by atoms with Gasteiger partial charge in [-0.05, 0) is 12.5 Å². The molecule has 1 atom stereocenters. The van der Waals surface area contributed by atoms with Crippen LogP contribution in [0.3, 0.4) is 0 Å². The fourth-order valence-electron chi connectivity index (χ4n) is 1.60. The second-order valence-electron chi connectivity index (χ2n) is 3.46. The number of hydrogen-bond donors (Lipinski definition) is 1. The zero-order valence-electron chi connectivity index (χ0n) is 8.98. The first-order valence-electron chi connectivity index (χ1n) is 5.21. The smallest absolute Gasteiger partial charge is 0.183 e. The maximum Gasteiger partial charge on any atom is 0.183 e. The highest BCUT2D eigenvalue weighted by molar-refractivity contribution is 7.13. The Morgan fingerprint density at radius 2 is 2.25 bits per heavy atom. The standard InChI is InChI=1S/C12H13FN2S/c1-2-11(15-12-14-7-8-16-12)9-5-3-4-6-10(9)13/h3-8,11H,2H2,1H3,(H,14,15). The van der Waals surface area contributed by atoms with Gasteiger partial charge in [0, 0.05) is 17.1 Å². The van der Waals surface area contributed by atoms with Crippen LogP contribution in [0.4, 0.5) is 9.52 Å². The number of hydrogen-bond acceptors (Lipinski definition) is 3. The molecule has 0 aliphatic heterocycles. The van der Waals surface area contributed by atoms with Gasteiger partial charge in [0.15, 0.2) is 5.13 Å². The fourth-order valence-corrected chi connectivity index (χ4v) is 2.18. The lowest BCUT2D eigenvalue weighted by Gasteiger charge is -2.17. The molecular formula is C12H13FN2S. The topological polar surface area (TPSA) is 24.9 Å². The second kappa shape index (κ2) is 5.07. The minimum Gasteiger partial charge on any atom is -0.355 e. The van der Waals surface area contributed by atoms with E-state index in [0.29, 0.717) is 5.56 Å². The monoisotopic (exact) mass is 236 g/mol. The molecule has 1 heterocycles. The quantitative estimate of drug-likeness (QED) is 0.872.